The summed E-state index contributed by atoms with van der Waals surface area (Å²) in [6.45, 7) is 8.92. The Kier molecular flexibility index (Phi) is 6.80. The third-order valence-electron chi connectivity index (χ3n) is 6.39. The minimum Gasteiger partial charge on any atom is -0.301 e. The van der Waals surface area contributed by atoms with E-state index in [0.29, 0.717) is 4.91 Å². The van der Waals surface area contributed by atoms with Crippen LogP contribution >= 0.6 is 11.8 Å². The van der Waals surface area contributed by atoms with Gasteiger partial charge < -0.3 is 4.90 Å². The molecule has 2 fully saturated rings. The molecule has 4 heterocycles. The SMILES string of the molecule is CCCCN1CCN(Cc2cccc(-c3cnc4ccc(C=C5SC(=O)NC5=O)cn34)c2)CC1. The number of benzene rings is 1. The Bertz CT molecular complexity index is 1240. The molecule has 0 radical (unpaired) electrons. The Hall–Kier alpha value is -2.94. The van der Waals surface area contributed by atoms with Gasteiger partial charge in [0.05, 0.1) is 16.8 Å². The number of unbranched alkanes of at least 4 members (excludes halogenated alkanes) is 1. The van der Waals surface area contributed by atoms with Crippen LogP contribution in [0.1, 0.15) is 30.9 Å². The number of piperazine rings is 1. The molecule has 2 saturated heterocycles. The van der Waals surface area contributed by atoms with Crippen molar-refractivity contribution in [2.75, 3.05) is 32.7 Å². The van der Waals surface area contributed by atoms with Crippen molar-refractivity contribution in [1.29, 1.82) is 0 Å². The summed E-state index contributed by atoms with van der Waals surface area (Å²) in [6, 6.07) is 12.5. The molecule has 1 aromatic carbocycles. The van der Waals surface area contributed by atoms with Gasteiger partial charge in [0.25, 0.3) is 11.1 Å². The van der Waals surface area contributed by atoms with Gasteiger partial charge in [-0.3, -0.25) is 24.2 Å². The Morgan fingerprint density at radius 3 is 2.68 bits per heavy atom. The van der Waals surface area contributed by atoms with Crippen LogP contribution in [0.2, 0.25) is 0 Å². The molecule has 7 nitrogen and oxygen atoms in total. The highest BCUT2D eigenvalue weighted by Gasteiger charge is 2.25. The number of imide groups is 1. The van der Waals surface area contributed by atoms with E-state index in [1.54, 1.807) is 6.08 Å². The number of hydrogen-bond donors (Lipinski definition) is 1. The molecule has 1 N–H and O–H groups in total. The number of nitrogens with zero attached hydrogens (tertiary/aromatic N) is 4. The number of nitrogens with one attached hydrogen (secondary N) is 1. The maximum Gasteiger partial charge on any atom is 0.290 e. The monoisotopic (exact) mass is 475 g/mol. The van der Waals surface area contributed by atoms with Crippen LogP contribution in [0.25, 0.3) is 23.0 Å². The first-order valence-electron chi connectivity index (χ1n) is 11.8. The van der Waals surface area contributed by atoms with Gasteiger partial charge in [-0.1, -0.05) is 31.5 Å². The van der Waals surface area contributed by atoms with Gasteiger partial charge in [0.1, 0.15) is 5.65 Å². The largest absolute Gasteiger partial charge is 0.301 e. The van der Waals surface area contributed by atoms with Crippen molar-refractivity contribution in [3.05, 3.63) is 64.8 Å². The second-order valence-corrected chi connectivity index (χ2v) is 9.87. The van der Waals surface area contributed by atoms with Crippen molar-refractivity contribution in [3.63, 3.8) is 0 Å². The fourth-order valence-corrected chi connectivity index (χ4v) is 5.19. The van der Waals surface area contributed by atoms with E-state index in [1.807, 2.05) is 28.9 Å². The molecule has 5 rings (SSSR count). The van der Waals surface area contributed by atoms with Gasteiger partial charge in [0.2, 0.25) is 0 Å². The zero-order valence-corrected chi connectivity index (χ0v) is 20.2. The molecular weight excluding hydrogens is 446 g/mol. The number of thioether (sulfide) groups is 1. The first-order valence-corrected chi connectivity index (χ1v) is 12.7. The number of fused-ring (bicyclic) bond motifs is 1. The number of imidazole rings is 1. The molecule has 0 bridgehead atoms. The van der Waals surface area contributed by atoms with Gasteiger partial charge in [0.15, 0.2) is 0 Å². The van der Waals surface area contributed by atoms with E-state index in [2.05, 4.69) is 51.3 Å². The summed E-state index contributed by atoms with van der Waals surface area (Å²) in [5.41, 5.74) is 5.09. The van der Waals surface area contributed by atoms with Crippen molar-refractivity contribution in [1.82, 2.24) is 24.5 Å². The van der Waals surface area contributed by atoms with E-state index in [0.717, 1.165) is 67.0 Å². The van der Waals surface area contributed by atoms with Crippen LogP contribution in [-0.4, -0.2) is 63.1 Å². The highest BCUT2D eigenvalue weighted by atomic mass is 32.2. The van der Waals surface area contributed by atoms with Crippen molar-refractivity contribution in [3.8, 4) is 11.3 Å². The molecule has 8 heteroatoms. The van der Waals surface area contributed by atoms with Crippen LogP contribution in [-0.2, 0) is 11.3 Å². The van der Waals surface area contributed by atoms with Crippen molar-refractivity contribution in [2.45, 2.75) is 26.3 Å². The van der Waals surface area contributed by atoms with E-state index in [4.69, 9.17) is 0 Å². The zero-order chi connectivity index (χ0) is 23.5. The molecule has 2 aliphatic rings. The number of aromatic nitrogens is 2. The topological polar surface area (TPSA) is 69.9 Å². The maximum absolute atomic E-state index is 11.9. The summed E-state index contributed by atoms with van der Waals surface area (Å²) in [4.78, 5) is 33.5. The number of carbonyl (C=O) groups excluding carboxylic acids is 2. The van der Waals surface area contributed by atoms with Gasteiger partial charge in [-0.15, -0.1) is 0 Å². The normalized spacial score (nSPS) is 18.8. The molecule has 0 aliphatic carbocycles. The van der Waals surface area contributed by atoms with E-state index in [1.165, 1.54) is 24.9 Å². The Labute approximate surface area is 203 Å². The number of amides is 2. The van der Waals surface area contributed by atoms with Crippen LogP contribution in [0.3, 0.4) is 0 Å². The Balaban J connectivity index is 1.33. The van der Waals surface area contributed by atoms with Gasteiger partial charge in [-0.2, -0.15) is 0 Å². The lowest BCUT2D eigenvalue weighted by Crippen LogP contribution is -2.46. The zero-order valence-electron chi connectivity index (χ0n) is 19.4. The molecule has 0 atom stereocenters. The Morgan fingerprint density at radius 1 is 1.09 bits per heavy atom. The van der Waals surface area contributed by atoms with Crippen LogP contribution < -0.4 is 5.32 Å². The molecule has 2 aromatic heterocycles. The lowest BCUT2D eigenvalue weighted by Gasteiger charge is -2.34. The van der Waals surface area contributed by atoms with Gasteiger partial charge in [0, 0.05) is 44.5 Å². The molecule has 176 valence electrons. The van der Waals surface area contributed by atoms with Crippen LogP contribution in [0.15, 0.2) is 53.7 Å². The number of pyridine rings is 1. The Morgan fingerprint density at radius 2 is 1.91 bits per heavy atom. The van der Waals surface area contributed by atoms with Crippen molar-refractivity contribution < 1.29 is 9.59 Å². The van der Waals surface area contributed by atoms with Crippen LogP contribution in [0.5, 0.6) is 0 Å². The maximum atomic E-state index is 11.9. The summed E-state index contributed by atoms with van der Waals surface area (Å²) in [6.07, 6.45) is 8.13. The molecule has 2 aliphatic heterocycles. The minimum atomic E-state index is -0.347. The van der Waals surface area contributed by atoms with Crippen molar-refractivity contribution >= 4 is 34.6 Å². The van der Waals surface area contributed by atoms with Gasteiger partial charge >= 0.3 is 0 Å². The lowest BCUT2D eigenvalue weighted by molar-refractivity contribution is -0.115. The van der Waals surface area contributed by atoms with E-state index < -0.39 is 0 Å². The van der Waals surface area contributed by atoms with E-state index in [-0.39, 0.29) is 11.1 Å². The minimum absolute atomic E-state index is 0.333. The van der Waals surface area contributed by atoms with Gasteiger partial charge in [-0.25, -0.2) is 4.98 Å². The molecule has 0 unspecified atom stereocenters. The van der Waals surface area contributed by atoms with E-state index >= 15 is 0 Å². The average Bonchev–Trinajstić information content (AvgIpc) is 3.40. The number of rotatable bonds is 7. The predicted molar refractivity (Wildman–Crippen MR) is 136 cm³/mol. The smallest absolute Gasteiger partial charge is 0.290 e. The number of carbonyl (C=O) groups is 2. The second-order valence-electron chi connectivity index (χ2n) is 8.86. The summed E-state index contributed by atoms with van der Waals surface area (Å²) in [5, 5.41) is 1.96. The summed E-state index contributed by atoms with van der Waals surface area (Å²) in [5.74, 6) is -0.347. The highest BCUT2D eigenvalue weighted by molar-refractivity contribution is 8.18. The fraction of sp³-hybridized carbons (Fsp3) is 0.346. The van der Waals surface area contributed by atoms with Gasteiger partial charge in [-0.05, 0) is 60.1 Å². The first kappa shape index (κ1) is 22.8. The highest BCUT2D eigenvalue weighted by Crippen LogP contribution is 2.27. The summed E-state index contributed by atoms with van der Waals surface area (Å²) < 4.78 is 2.04. The second kappa shape index (κ2) is 10.1. The fourth-order valence-electron chi connectivity index (χ4n) is 4.51. The van der Waals surface area contributed by atoms with E-state index in [9.17, 15) is 9.59 Å². The third-order valence-corrected chi connectivity index (χ3v) is 7.20. The predicted octanol–water partition coefficient (Wildman–Crippen LogP) is 4.24. The standard InChI is InChI=1S/C26H29N5O2S/c1-2-3-9-29-10-12-30(13-11-29)17-19-5-4-6-21(14-19)22-16-27-24-8-7-20(18-31(22)24)15-23-25(32)28-26(33)34-23/h4-8,14-16,18H,2-3,9-13,17H2,1H3,(H,28,32,33). The number of hydrogen-bond acceptors (Lipinski definition) is 6. The van der Waals surface area contributed by atoms with Crippen LogP contribution in [0, 0.1) is 0 Å². The first-order chi connectivity index (χ1) is 16.6. The molecule has 2 amide bonds. The third kappa shape index (κ3) is 5.09. The molecule has 0 saturated carbocycles. The quantitative estimate of drug-likeness (QED) is 0.516. The molecule has 3 aromatic rings. The van der Waals surface area contributed by atoms with Crippen molar-refractivity contribution in [2.24, 2.45) is 0 Å². The summed E-state index contributed by atoms with van der Waals surface area (Å²) in [7, 11) is 0. The average molecular weight is 476 g/mol. The molecule has 0 spiro atoms. The lowest BCUT2D eigenvalue weighted by atomic mass is 10.1. The summed E-state index contributed by atoms with van der Waals surface area (Å²) >= 11 is 0.928. The molecular formula is C26H29N5O2S. The molecule has 34 heavy (non-hydrogen) atoms. The van der Waals surface area contributed by atoms with Crippen LogP contribution in [0.4, 0.5) is 4.79 Å².